The molecule has 1 aromatic heterocycles. The highest BCUT2D eigenvalue weighted by atomic mass is 19.1. The number of nitrogens with one attached hydrogen (secondary N) is 1. The summed E-state index contributed by atoms with van der Waals surface area (Å²) in [4.78, 5) is 0. The second kappa shape index (κ2) is 5.43. The molecule has 0 radical (unpaired) electrons. The van der Waals surface area contributed by atoms with Crippen LogP contribution in [0.1, 0.15) is 32.6 Å². The summed E-state index contributed by atoms with van der Waals surface area (Å²) < 4.78 is 25.2. The highest BCUT2D eigenvalue weighted by molar-refractivity contribution is 5.78. The minimum Gasteiger partial charge on any atom is -0.459 e. The predicted octanol–water partition coefficient (Wildman–Crippen LogP) is 3.89. The first-order chi connectivity index (χ1) is 10.0. The zero-order valence-corrected chi connectivity index (χ0v) is 12.9. The largest absolute Gasteiger partial charge is 0.459 e. The number of ether oxygens (including phenoxy) is 1. The number of halogens is 1. The minimum atomic E-state index is -0.240. The van der Waals surface area contributed by atoms with Crippen molar-refractivity contribution in [2.75, 3.05) is 7.05 Å². The Morgan fingerprint density at radius 3 is 2.52 bits per heavy atom. The Balaban J connectivity index is 1.98. The lowest BCUT2D eigenvalue weighted by atomic mass is 9.82. The van der Waals surface area contributed by atoms with Crippen molar-refractivity contribution in [3.05, 3.63) is 35.8 Å². The first-order valence-electron chi connectivity index (χ1n) is 7.53. The second-order valence-electron chi connectivity index (χ2n) is 6.08. The molecule has 0 saturated carbocycles. The van der Waals surface area contributed by atoms with Gasteiger partial charge in [0.1, 0.15) is 17.2 Å². The molecule has 3 nitrogen and oxygen atoms in total. The standard InChI is InChI=1S/C17H22FNO2/c1-9-10(2)20-11(3)16(9)17(19-4)15-8-12-7-13(18)5-6-14(12)21-15/h5-11,16-17,19H,1-4H3. The van der Waals surface area contributed by atoms with Crippen molar-refractivity contribution < 1.29 is 13.5 Å². The summed E-state index contributed by atoms with van der Waals surface area (Å²) in [5.41, 5.74) is 0.721. The number of fused-ring (bicyclic) bond motifs is 1. The van der Waals surface area contributed by atoms with E-state index in [4.69, 9.17) is 9.15 Å². The highest BCUT2D eigenvalue weighted by Gasteiger charge is 2.42. The van der Waals surface area contributed by atoms with E-state index in [1.165, 1.54) is 12.1 Å². The summed E-state index contributed by atoms with van der Waals surface area (Å²) in [5, 5.41) is 4.15. The van der Waals surface area contributed by atoms with E-state index < -0.39 is 0 Å². The molecule has 4 heteroatoms. The summed E-state index contributed by atoms with van der Waals surface area (Å²) in [5.74, 6) is 1.37. The van der Waals surface area contributed by atoms with E-state index in [0.717, 1.165) is 16.7 Å². The molecule has 1 aromatic carbocycles. The molecule has 0 spiro atoms. The number of benzene rings is 1. The van der Waals surface area contributed by atoms with E-state index in [2.05, 4.69) is 26.1 Å². The van der Waals surface area contributed by atoms with Gasteiger partial charge >= 0.3 is 0 Å². The molecular weight excluding hydrogens is 269 g/mol. The summed E-state index contributed by atoms with van der Waals surface area (Å²) in [6, 6.07) is 6.62. The van der Waals surface area contributed by atoms with Crippen LogP contribution >= 0.6 is 0 Å². The first kappa shape index (κ1) is 14.5. The van der Waals surface area contributed by atoms with Crippen LogP contribution < -0.4 is 5.32 Å². The van der Waals surface area contributed by atoms with Gasteiger partial charge in [-0.2, -0.15) is 0 Å². The molecule has 2 heterocycles. The van der Waals surface area contributed by atoms with Crippen LogP contribution in [0, 0.1) is 17.7 Å². The third kappa shape index (κ3) is 2.47. The van der Waals surface area contributed by atoms with Gasteiger partial charge in [-0.25, -0.2) is 4.39 Å². The average molecular weight is 291 g/mol. The van der Waals surface area contributed by atoms with Gasteiger partial charge in [-0.1, -0.05) is 6.92 Å². The fraction of sp³-hybridized carbons (Fsp3) is 0.529. The van der Waals surface area contributed by atoms with Crippen molar-refractivity contribution in [3.63, 3.8) is 0 Å². The van der Waals surface area contributed by atoms with Crippen molar-refractivity contribution in [2.45, 2.75) is 39.0 Å². The quantitative estimate of drug-likeness (QED) is 0.931. The molecule has 114 valence electrons. The van der Waals surface area contributed by atoms with Gasteiger partial charge in [-0.3, -0.25) is 0 Å². The van der Waals surface area contributed by atoms with Crippen LogP contribution in [0.15, 0.2) is 28.7 Å². The summed E-state index contributed by atoms with van der Waals surface area (Å²) in [7, 11) is 1.93. The van der Waals surface area contributed by atoms with Gasteiger partial charge in [0, 0.05) is 11.3 Å². The number of hydrogen-bond acceptors (Lipinski definition) is 3. The van der Waals surface area contributed by atoms with Gasteiger partial charge in [0.15, 0.2) is 0 Å². The second-order valence-corrected chi connectivity index (χ2v) is 6.08. The van der Waals surface area contributed by atoms with Crippen LogP contribution in [0.4, 0.5) is 4.39 Å². The molecule has 3 rings (SSSR count). The Bertz CT molecular complexity index is 639. The number of rotatable bonds is 3. The topological polar surface area (TPSA) is 34.4 Å². The Hall–Kier alpha value is -1.39. The molecule has 5 unspecified atom stereocenters. The molecule has 5 atom stereocenters. The van der Waals surface area contributed by atoms with Crippen molar-refractivity contribution in [1.82, 2.24) is 5.32 Å². The SMILES string of the molecule is CNC(c1cc2cc(F)ccc2o1)C1C(C)OC(C)C1C. The van der Waals surface area contributed by atoms with Gasteiger partial charge in [0.05, 0.1) is 18.2 Å². The first-order valence-corrected chi connectivity index (χ1v) is 7.53. The van der Waals surface area contributed by atoms with E-state index in [-0.39, 0.29) is 24.1 Å². The van der Waals surface area contributed by atoms with Crippen molar-refractivity contribution in [2.24, 2.45) is 11.8 Å². The summed E-state index contributed by atoms with van der Waals surface area (Å²) in [6.07, 6.45) is 0.403. The van der Waals surface area contributed by atoms with Crippen LogP contribution in [0.25, 0.3) is 11.0 Å². The Labute approximate surface area is 124 Å². The molecule has 1 aliphatic rings. The van der Waals surface area contributed by atoms with Crippen LogP contribution in [0.2, 0.25) is 0 Å². The lowest BCUT2D eigenvalue weighted by molar-refractivity contribution is 0.0469. The van der Waals surface area contributed by atoms with Gasteiger partial charge in [-0.15, -0.1) is 0 Å². The summed E-state index contributed by atoms with van der Waals surface area (Å²) in [6.45, 7) is 6.44. The molecule has 0 aliphatic carbocycles. The monoisotopic (exact) mass is 291 g/mol. The third-order valence-corrected chi connectivity index (χ3v) is 4.82. The lowest BCUT2D eigenvalue weighted by Gasteiger charge is -2.27. The van der Waals surface area contributed by atoms with E-state index >= 15 is 0 Å². The minimum absolute atomic E-state index is 0.0652. The molecule has 21 heavy (non-hydrogen) atoms. The maximum atomic E-state index is 13.3. The predicted molar refractivity (Wildman–Crippen MR) is 80.6 cm³/mol. The van der Waals surface area contributed by atoms with Gasteiger partial charge in [0.2, 0.25) is 0 Å². The fourth-order valence-electron chi connectivity index (χ4n) is 3.58. The fourth-order valence-corrected chi connectivity index (χ4v) is 3.58. The normalized spacial score (nSPS) is 30.9. The highest BCUT2D eigenvalue weighted by Crippen LogP contribution is 2.41. The van der Waals surface area contributed by atoms with E-state index in [9.17, 15) is 4.39 Å². The molecule has 0 amide bonds. The van der Waals surface area contributed by atoms with Gasteiger partial charge < -0.3 is 14.5 Å². The maximum absolute atomic E-state index is 13.3. The van der Waals surface area contributed by atoms with Crippen molar-refractivity contribution >= 4 is 11.0 Å². The van der Waals surface area contributed by atoms with E-state index in [1.54, 1.807) is 6.07 Å². The number of hydrogen-bond donors (Lipinski definition) is 1. The zero-order valence-electron chi connectivity index (χ0n) is 12.9. The smallest absolute Gasteiger partial charge is 0.134 e. The molecule has 1 saturated heterocycles. The van der Waals surface area contributed by atoms with Crippen LogP contribution in [0.5, 0.6) is 0 Å². The molecule has 1 aliphatic heterocycles. The van der Waals surface area contributed by atoms with E-state index in [1.807, 2.05) is 13.1 Å². The van der Waals surface area contributed by atoms with Crippen molar-refractivity contribution in [3.8, 4) is 0 Å². The zero-order chi connectivity index (χ0) is 15.1. The molecule has 2 aromatic rings. The molecular formula is C17H22FNO2. The van der Waals surface area contributed by atoms with Crippen LogP contribution in [-0.4, -0.2) is 19.3 Å². The summed E-state index contributed by atoms with van der Waals surface area (Å²) >= 11 is 0. The molecule has 1 fully saturated rings. The number of furan rings is 1. The van der Waals surface area contributed by atoms with Crippen molar-refractivity contribution in [1.29, 1.82) is 0 Å². The molecule has 1 N–H and O–H groups in total. The van der Waals surface area contributed by atoms with Gasteiger partial charge in [0.25, 0.3) is 0 Å². The average Bonchev–Trinajstić information content (AvgIpc) is 2.95. The molecule has 0 bridgehead atoms. The van der Waals surface area contributed by atoms with Gasteiger partial charge in [-0.05, 0) is 51.1 Å². The Morgan fingerprint density at radius 2 is 1.90 bits per heavy atom. The lowest BCUT2D eigenvalue weighted by Crippen LogP contribution is -2.32. The van der Waals surface area contributed by atoms with E-state index in [0.29, 0.717) is 11.8 Å². The maximum Gasteiger partial charge on any atom is 0.134 e. The van der Waals surface area contributed by atoms with Crippen LogP contribution in [0.3, 0.4) is 0 Å². The van der Waals surface area contributed by atoms with Crippen LogP contribution in [-0.2, 0) is 4.74 Å². The Kier molecular flexibility index (Phi) is 3.76. The third-order valence-electron chi connectivity index (χ3n) is 4.82. The Morgan fingerprint density at radius 1 is 1.14 bits per heavy atom.